The first kappa shape index (κ1) is 50.9. The van der Waals surface area contributed by atoms with Crippen molar-refractivity contribution in [1.29, 1.82) is 0 Å². The number of amides is 1. The van der Waals surface area contributed by atoms with Gasteiger partial charge in [0.1, 0.15) is 20.3 Å². The molecule has 5 atom stereocenters. The number of carbonyl (C=O) groups is 2. The molecule has 10 nitrogen and oxygen atoms in total. The summed E-state index contributed by atoms with van der Waals surface area (Å²) in [6.07, 6.45) is 3.67. The molecule has 1 fully saturated rings. The van der Waals surface area contributed by atoms with Crippen LogP contribution in [-0.4, -0.2) is 83.7 Å². The van der Waals surface area contributed by atoms with Gasteiger partial charge >= 0.3 is 12.1 Å². The van der Waals surface area contributed by atoms with Crippen LogP contribution in [0.25, 0.3) is 0 Å². The average Bonchev–Trinajstić information content (AvgIpc) is 3.65. The number of esters is 1. The molecule has 4 aliphatic rings. The summed E-state index contributed by atoms with van der Waals surface area (Å²) in [7, 11) is -6.68. The second-order valence-electron chi connectivity index (χ2n) is 20.5. The van der Waals surface area contributed by atoms with Gasteiger partial charge in [0.2, 0.25) is 0 Å². The van der Waals surface area contributed by atoms with E-state index in [9.17, 15) is 9.59 Å². The Bertz CT molecular complexity index is 1840. The Morgan fingerprint density at radius 1 is 0.951 bits per heavy atom. The van der Waals surface area contributed by atoms with Gasteiger partial charge in [-0.1, -0.05) is 86.3 Å². The molecule has 0 saturated carbocycles. The molecule has 1 aromatic heterocycles. The lowest BCUT2D eigenvalue weighted by molar-refractivity contribution is -0.170. The molecule has 4 bridgehead atoms. The number of nitrogens with one attached hydrogen (secondary N) is 1. The van der Waals surface area contributed by atoms with Gasteiger partial charge in [0.05, 0.1) is 37.3 Å². The summed E-state index contributed by atoms with van der Waals surface area (Å²) in [6.45, 7) is 34.0. The molecule has 1 N–H and O–H groups in total. The minimum atomic E-state index is -2.42. The minimum Gasteiger partial charge on any atom is -0.461 e. The van der Waals surface area contributed by atoms with Crippen molar-refractivity contribution < 1.29 is 37.4 Å². The Morgan fingerprint density at radius 3 is 2.10 bits per heavy atom. The number of hydrogen-bond donors (Lipinski definition) is 1. The van der Waals surface area contributed by atoms with Crippen LogP contribution in [-0.2, 0) is 39.0 Å². The van der Waals surface area contributed by atoms with Gasteiger partial charge in [-0.05, 0) is 107 Å². The Labute approximate surface area is 372 Å². The summed E-state index contributed by atoms with van der Waals surface area (Å²) >= 11 is 0. The zero-order valence-electron chi connectivity index (χ0n) is 40.5. The zero-order chi connectivity index (χ0) is 45.7. The van der Waals surface area contributed by atoms with Crippen LogP contribution in [0, 0.1) is 29.2 Å². The fourth-order valence-corrected chi connectivity index (χ4v) is 15.1. The molecule has 3 aliphatic heterocycles. The molecule has 1 spiro atoms. The van der Waals surface area contributed by atoms with Crippen molar-refractivity contribution in [2.75, 3.05) is 13.2 Å². The molecule has 1 saturated heterocycles. The molecule has 4 heterocycles. The standard InChI is InChI=1S/C48H78N2O8Si3/c1-17-60(18-2,19-3)29-23-27-47(58-61(20-4,21-5)22-6)28-26-38-31-37(42(56-59(15,16)45(10,11)12)48(38)35-54-46(13,14)57-48)30-36-24-25-39(49-33-36)40(32-41(51)53-34-47)50-43(52)55-44(7,8)9/h24-25,31,33,37,40,42H,17-22,27,30,32,34-35H2,1-16H3,(H,50,52)/t37?,40-,42-,47+,48+/m1/s1. The highest BCUT2D eigenvalue weighted by molar-refractivity contribution is 6.87. The number of aromatic nitrogens is 1. The van der Waals surface area contributed by atoms with Crippen LogP contribution in [0.4, 0.5) is 4.79 Å². The number of nitrogens with zero attached hydrogens (tertiary/aromatic N) is 1. The van der Waals surface area contributed by atoms with Crippen LogP contribution in [0.3, 0.4) is 0 Å². The summed E-state index contributed by atoms with van der Waals surface area (Å²) in [5, 5.41) is 2.83. The van der Waals surface area contributed by atoms with Crippen molar-refractivity contribution in [3.63, 3.8) is 0 Å². The fraction of sp³-hybridized carbons (Fsp3) is 0.729. The predicted octanol–water partition coefficient (Wildman–Crippen LogP) is 10.8. The van der Waals surface area contributed by atoms with E-state index >= 15 is 0 Å². The van der Waals surface area contributed by atoms with Crippen LogP contribution in [0.15, 0.2) is 30.0 Å². The van der Waals surface area contributed by atoms with Crippen molar-refractivity contribution in [2.45, 2.75) is 205 Å². The highest BCUT2D eigenvalue weighted by Crippen LogP contribution is 2.51. The van der Waals surface area contributed by atoms with E-state index in [2.05, 4.69) is 110 Å². The first-order chi connectivity index (χ1) is 28.3. The monoisotopic (exact) mass is 895 g/mol. The molecular formula is C48H78N2O8Si3. The third kappa shape index (κ3) is 12.3. The van der Waals surface area contributed by atoms with Gasteiger partial charge in [0, 0.05) is 17.7 Å². The highest BCUT2D eigenvalue weighted by Gasteiger charge is 2.61. The predicted molar refractivity (Wildman–Crippen MR) is 251 cm³/mol. The van der Waals surface area contributed by atoms with E-state index in [-0.39, 0.29) is 37.0 Å². The van der Waals surface area contributed by atoms with Gasteiger partial charge < -0.3 is 33.1 Å². The SMILES string of the molecule is CC[Si](C#CC[C@]1(O[Si](CC)(CC)CC)C#CC2=CC(Cc3ccc(nc3)[C@H](NC(=O)OC(C)(C)C)CC(=O)OC1)[C@@H](O[Si](C)(C)C(C)(C)C)[C@]21COC(C)(C)O1)(CC)CC. The summed E-state index contributed by atoms with van der Waals surface area (Å²) in [6, 6.07) is 8.83. The molecule has 5 rings (SSSR count). The van der Waals surface area contributed by atoms with E-state index in [1.54, 1.807) is 20.8 Å². The van der Waals surface area contributed by atoms with Crippen LogP contribution in [0.2, 0.25) is 54.4 Å². The first-order valence-electron chi connectivity index (χ1n) is 22.9. The van der Waals surface area contributed by atoms with Gasteiger partial charge in [-0.2, -0.15) is 0 Å². The van der Waals surface area contributed by atoms with Gasteiger partial charge in [0.25, 0.3) is 0 Å². The molecule has 0 aromatic carbocycles. The Balaban J connectivity index is 2.02. The van der Waals surface area contributed by atoms with Crippen LogP contribution in [0.1, 0.15) is 127 Å². The van der Waals surface area contributed by atoms with E-state index in [1.807, 2.05) is 32.2 Å². The molecule has 1 amide bonds. The van der Waals surface area contributed by atoms with Crippen molar-refractivity contribution in [2.24, 2.45) is 5.92 Å². The van der Waals surface area contributed by atoms with E-state index in [1.165, 1.54) is 0 Å². The maximum absolute atomic E-state index is 14.1. The van der Waals surface area contributed by atoms with Gasteiger partial charge in [-0.25, -0.2) is 4.79 Å². The Kier molecular flexibility index (Phi) is 16.3. The van der Waals surface area contributed by atoms with Gasteiger partial charge in [0.15, 0.2) is 33.6 Å². The minimum absolute atomic E-state index is 0.0787. The van der Waals surface area contributed by atoms with Crippen molar-refractivity contribution in [3.05, 3.63) is 41.2 Å². The number of ether oxygens (including phenoxy) is 4. The second kappa shape index (κ2) is 19.5. The maximum atomic E-state index is 14.1. The quantitative estimate of drug-likeness (QED) is 0.124. The topological polar surface area (TPSA) is 114 Å². The summed E-state index contributed by atoms with van der Waals surface area (Å²) in [5.74, 6) is 9.39. The number of rotatable bonds is 12. The summed E-state index contributed by atoms with van der Waals surface area (Å²) in [5.41, 5.74) is 3.06. The van der Waals surface area contributed by atoms with E-state index in [4.69, 9.17) is 32.8 Å². The summed E-state index contributed by atoms with van der Waals surface area (Å²) < 4.78 is 40.4. The molecule has 1 aromatic rings. The second-order valence-corrected chi connectivity index (χ2v) is 34.9. The zero-order valence-corrected chi connectivity index (χ0v) is 43.5. The molecule has 340 valence electrons. The Morgan fingerprint density at radius 2 is 1.59 bits per heavy atom. The fourth-order valence-electron chi connectivity index (χ4n) is 8.29. The summed E-state index contributed by atoms with van der Waals surface area (Å²) in [4.78, 5) is 32.2. The number of fused-ring (bicyclic) bond motifs is 8. The van der Waals surface area contributed by atoms with Crippen molar-refractivity contribution >= 4 is 36.8 Å². The number of pyridine rings is 1. The lowest BCUT2D eigenvalue weighted by atomic mass is 9.88. The maximum Gasteiger partial charge on any atom is 0.408 e. The van der Waals surface area contributed by atoms with Crippen molar-refractivity contribution in [3.8, 4) is 23.3 Å². The highest BCUT2D eigenvalue weighted by atomic mass is 28.4. The molecule has 13 heteroatoms. The average molecular weight is 895 g/mol. The van der Waals surface area contributed by atoms with Crippen molar-refractivity contribution in [1.82, 2.24) is 10.3 Å². The molecular weight excluding hydrogens is 817 g/mol. The third-order valence-corrected chi connectivity index (χ3v) is 27.6. The molecule has 1 unspecified atom stereocenters. The molecule has 61 heavy (non-hydrogen) atoms. The van der Waals surface area contributed by atoms with E-state index < -0.39 is 71.5 Å². The van der Waals surface area contributed by atoms with Gasteiger partial charge in [-0.15, -0.1) is 11.5 Å². The largest absolute Gasteiger partial charge is 0.461 e. The number of carbonyl (C=O) groups excluding carboxylic acids is 2. The smallest absolute Gasteiger partial charge is 0.408 e. The number of hydrogen-bond acceptors (Lipinski definition) is 9. The van der Waals surface area contributed by atoms with Crippen LogP contribution in [0.5, 0.6) is 0 Å². The van der Waals surface area contributed by atoms with E-state index in [0.29, 0.717) is 12.1 Å². The van der Waals surface area contributed by atoms with Crippen LogP contribution < -0.4 is 5.32 Å². The molecule has 1 aliphatic carbocycles. The normalized spacial score (nSPS) is 25.9. The molecule has 0 radical (unpaired) electrons. The lowest BCUT2D eigenvalue weighted by Gasteiger charge is -2.44. The third-order valence-electron chi connectivity index (χ3n) is 13.7. The number of alkyl carbamates (subject to hydrolysis) is 1. The Hall–Kier alpha value is -2.76. The van der Waals surface area contributed by atoms with Gasteiger partial charge in [-0.3, -0.25) is 9.78 Å². The first-order valence-corrected chi connectivity index (χ1v) is 30.9. The van der Waals surface area contributed by atoms with Crippen LogP contribution >= 0.6 is 0 Å². The lowest BCUT2D eigenvalue weighted by Crippen LogP contribution is -2.55. The van der Waals surface area contributed by atoms with E-state index in [0.717, 1.165) is 47.4 Å².